The predicted molar refractivity (Wildman–Crippen MR) is 91.1 cm³/mol. The van der Waals surface area contributed by atoms with Crippen LogP contribution >= 0.6 is 0 Å². The Morgan fingerprint density at radius 1 is 1.12 bits per heavy atom. The predicted octanol–water partition coefficient (Wildman–Crippen LogP) is 2.94. The number of hydrogen-bond acceptors (Lipinski definition) is 5. The van der Waals surface area contributed by atoms with Crippen molar-refractivity contribution in [3.05, 3.63) is 65.2 Å². The van der Waals surface area contributed by atoms with Crippen molar-refractivity contribution in [2.75, 3.05) is 5.32 Å². The molecule has 0 heterocycles. The number of nitrogens with zero attached hydrogens (tertiary/aromatic N) is 1. The van der Waals surface area contributed by atoms with Crippen LogP contribution in [-0.2, 0) is 9.53 Å². The van der Waals surface area contributed by atoms with Gasteiger partial charge in [-0.15, -0.1) is 0 Å². The molecule has 25 heavy (non-hydrogen) atoms. The molecule has 1 amide bonds. The molecular weight excluding hydrogens is 320 g/mol. The van der Waals surface area contributed by atoms with Gasteiger partial charge in [-0.1, -0.05) is 18.2 Å². The average Bonchev–Trinajstić information content (AvgIpc) is 2.61. The Balaban J connectivity index is 2.07. The minimum absolute atomic E-state index is 0.183. The summed E-state index contributed by atoms with van der Waals surface area (Å²) in [6.07, 6.45) is -1.07. The van der Waals surface area contributed by atoms with Crippen molar-refractivity contribution in [2.24, 2.45) is 0 Å². The van der Waals surface area contributed by atoms with Crippen LogP contribution in [0.25, 0.3) is 0 Å². The third kappa shape index (κ3) is 4.52. The van der Waals surface area contributed by atoms with Crippen LogP contribution in [0.5, 0.6) is 0 Å². The Morgan fingerprint density at radius 3 is 2.52 bits per heavy atom. The molecule has 0 bridgehead atoms. The van der Waals surface area contributed by atoms with E-state index in [0.29, 0.717) is 16.8 Å². The fraction of sp³-hybridized carbons (Fsp3) is 0.158. The van der Waals surface area contributed by atoms with Crippen LogP contribution in [0.4, 0.5) is 5.69 Å². The second-order valence-electron chi connectivity index (χ2n) is 5.33. The standard InChI is InChI=1S/C19H16N2O4/c1-12(22)16-8-3-4-9-17(16)21-18(23)13(2)25-19(24)15-7-5-6-14(10-15)11-20/h3-10,13H,1-2H3,(H,21,23)/t13-/m1/s1. The number of benzene rings is 2. The largest absolute Gasteiger partial charge is 0.449 e. The van der Waals surface area contributed by atoms with E-state index in [9.17, 15) is 14.4 Å². The van der Waals surface area contributed by atoms with Crippen LogP contribution in [0.1, 0.15) is 40.1 Å². The van der Waals surface area contributed by atoms with Gasteiger partial charge in [-0.25, -0.2) is 4.79 Å². The summed E-state index contributed by atoms with van der Waals surface area (Å²) in [6, 6.07) is 14.5. The van der Waals surface area contributed by atoms with Crippen molar-refractivity contribution in [1.29, 1.82) is 5.26 Å². The maximum atomic E-state index is 12.2. The second-order valence-corrected chi connectivity index (χ2v) is 5.33. The number of ether oxygens (including phenoxy) is 1. The van der Waals surface area contributed by atoms with E-state index < -0.39 is 18.0 Å². The van der Waals surface area contributed by atoms with Crippen LogP contribution in [0.3, 0.4) is 0 Å². The Kier molecular flexibility index (Phi) is 5.64. The molecule has 0 aliphatic heterocycles. The summed E-state index contributed by atoms with van der Waals surface area (Å²) in [5.41, 5.74) is 1.23. The molecule has 1 atom stereocenters. The van der Waals surface area contributed by atoms with Crippen LogP contribution in [-0.4, -0.2) is 23.8 Å². The zero-order chi connectivity index (χ0) is 18.4. The van der Waals surface area contributed by atoms with Crippen LogP contribution in [0.2, 0.25) is 0 Å². The van der Waals surface area contributed by atoms with Crippen molar-refractivity contribution in [3.8, 4) is 6.07 Å². The van der Waals surface area contributed by atoms with Crippen LogP contribution in [0.15, 0.2) is 48.5 Å². The number of hydrogen-bond donors (Lipinski definition) is 1. The first-order valence-corrected chi connectivity index (χ1v) is 7.54. The Bertz CT molecular complexity index is 868. The maximum Gasteiger partial charge on any atom is 0.338 e. The van der Waals surface area contributed by atoms with Crippen molar-refractivity contribution < 1.29 is 19.1 Å². The molecular formula is C19H16N2O4. The number of carbonyl (C=O) groups is 3. The number of esters is 1. The zero-order valence-electron chi connectivity index (χ0n) is 13.8. The summed E-state index contributed by atoms with van der Waals surface area (Å²) in [7, 11) is 0. The molecule has 6 nitrogen and oxygen atoms in total. The number of nitrogens with one attached hydrogen (secondary N) is 1. The zero-order valence-corrected chi connectivity index (χ0v) is 13.8. The summed E-state index contributed by atoms with van der Waals surface area (Å²) in [5, 5.41) is 11.4. The summed E-state index contributed by atoms with van der Waals surface area (Å²) in [5.74, 6) is -1.45. The fourth-order valence-corrected chi connectivity index (χ4v) is 2.13. The summed E-state index contributed by atoms with van der Waals surface area (Å²) in [6.45, 7) is 2.83. The molecule has 0 radical (unpaired) electrons. The fourth-order valence-electron chi connectivity index (χ4n) is 2.13. The molecule has 0 aliphatic carbocycles. The minimum atomic E-state index is -1.07. The first-order valence-electron chi connectivity index (χ1n) is 7.54. The van der Waals surface area contributed by atoms with E-state index in [1.807, 2.05) is 6.07 Å². The van der Waals surface area contributed by atoms with Gasteiger partial charge in [0.25, 0.3) is 5.91 Å². The molecule has 0 saturated heterocycles. The van der Waals surface area contributed by atoms with Crippen LogP contribution in [0, 0.1) is 11.3 Å². The van der Waals surface area contributed by atoms with Crippen molar-refractivity contribution in [3.63, 3.8) is 0 Å². The minimum Gasteiger partial charge on any atom is -0.449 e. The molecule has 126 valence electrons. The SMILES string of the molecule is CC(=O)c1ccccc1NC(=O)[C@@H](C)OC(=O)c1cccc(C#N)c1. The van der Waals surface area contributed by atoms with Gasteiger partial charge in [-0.2, -0.15) is 5.26 Å². The number of Topliss-reactive ketones (excluding diaryl/α,β-unsaturated/α-hetero) is 1. The number of carbonyl (C=O) groups excluding carboxylic acids is 3. The van der Waals surface area contributed by atoms with E-state index in [-0.39, 0.29) is 11.3 Å². The van der Waals surface area contributed by atoms with Gasteiger partial charge in [-0.05, 0) is 44.2 Å². The van der Waals surface area contributed by atoms with Gasteiger partial charge in [-0.3, -0.25) is 9.59 Å². The third-order valence-electron chi connectivity index (χ3n) is 3.44. The van der Waals surface area contributed by atoms with Gasteiger partial charge in [0.15, 0.2) is 11.9 Å². The highest BCUT2D eigenvalue weighted by molar-refractivity contribution is 6.05. The molecule has 0 aromatic heterocycles. The molecule has 1 N–H and O–H groups in total. The highest BCUT2D eigenvalue weighted by Gasteiger charge is 2.20. The Morgan fingerprint density at radius 2 is 1.84 bits per heavy atom. The molecule has 6 heteroatoms. The topological polar surface area (TPSA) is 96.3 Å². The molecule has 0 aliphatic rings. The highest BCUT2D eigenvalue weighted by atomic mass is 16.5. The van der Waals surface area contributed by atoms with Gasteiger partial charge in [0.1, 0.15) is 0 Å². The van der Waals surface area contributed by atoms with E-state index in [4.69, 9.17) is 10.00 Å². The highest BCUT2D eigenvalue weighted by Crippen LogP contribution is 2.16. The molecule has 2 aromatic carbocycles. The normalized spacial score (nSPS) is 11.1. The Hall–Kier alpha value is -3.46. The number of ketones is 1. The number of para-hydroxylation sites is 1. The summed E-state index contributed by atoms with van der Waals surface area (Å²) < 4.78 is 5.12. The number of anilines is 1. The van der Waals surface area contributed by atoms with E-state index >= 15 is 0 Å². The van der Waals surface area contributed by atoms with Gasteiger partial charge in [0.05, 0.1) is 22.9 Å². The lowest BCUT2D eigenvalue weighted by molar-refractivity contribution is -0.123. The van der Waals surface area contributed by atoms with Gasteiger partial charge in [0, 0.05) is 5.56 Å². The molecule has 0 unspecified atom stereocenters. The van der Waals surface area contributed by atoms with Crippen molar-refractivity contribution in [1.82, 2.24) is 0 Å². The Labute approximate surface area is 145 Å². The summed E-state index contributed by atoms with van der Waals surface area (Å²) >= 11 is 0. The van der Waals surface area contributed by atoms with Gasteiger partial charge < -0.3 is 10.1 Å². The summed E-state index contributed by atoms with van der Waals surface area (Å²) in [4.78, 5) is 35.9. The molecule has 0 spiro atoms. The monoisotopic (exact) mass is 336 g/mol. The van der Waals surface area contributed by atoms with E-state index in [1.165, 1.54) is 26.0 Å². The smallest absolute Gasteiger partial charge is 0.338 e. The van der Waals surface area contributed by atoms with Gasteiger partial charge >= 0.3 is 5.97 Å². The molecule has 2 aromatic rings. The van der Waals surface area contributed by atoms with Crippen molar-refractivity contribution in [2.45, 2.75) is 20.0 Å². The average molecular weight is 336 g/mol. The maximum absolute atomic E-state index is 12.2. The lowest BCUT2D eigenvalue weighted by Gasteiger charge is -2.15. The number of nitriles is 1. The number of rotatable bonds is 5. The van der Waals surface area contributed by atoms with Gasteiger partial charge in [0.2, 0.25) is 0 Å². The first kappa shape index (κ1) is 17.9. The third-order valence-corrected chi connectivity index (χ3v) is 3.44. The lowest BCUT2D eigenvalue weighted by atomic mass is 10.1. The molecule has 0 saturated carbocycles. The lowest BCUT2D eigenvalue weighted by Crippen LogP contribution is -2.30. The number of amides is 1. The van der Waals surface area contributed by atoms with Crippen LogP contribution < -0.4 is 5.32 Å². The quantitative estimate of drug-likeness (QED) is 0.669. The van der Waals surface area contributed by atoms with E-state index in [2.05, 4.69) is 5.32 Å². The molecule has 0 fully saturated rings. The molecule has 2 rings (SSSR count). The van der Waals surface area contributed by atoms with E-state index in [0.717, 1.165) is 0 Å². The van der Waals surface area contributed by atoms with E-state index in [1.54, 1.807) is 36.4 Å². The second kappa shape index (κ2) is 7.88. The first-order chi connectivity index (χ1) is 11.9. The van der Waals surface area contributed by atoms with Crippen molar-refractivity contribution >= 4 is 23.3 Å².